The van der Waals surface area contributed by atoms with Crippen LogP contribution in [-0.4, -0.2) is 11.7 Å². The molecule has 0 aromatic heterocycles. The molecule has 0 saturated heterocycles. The number of alkyl halides is 3. The molecule has 0 radical (unpaired) electrons. The van der Waals surface area contributed by atoms with Gasteiger partial charge in [-0.25, -0.2) is 0 Å². The fraction of sp³-hybridized carbons (Fsp3) is 0.529. The van der Waals surface area contributed by atoms with Gasteiger partial charge < -0.3 is 5.32 Å². The normalized spacial score (nSPS) is 28.9. The Kier molecular flexibility index (Phi) is 3.36. The van der Waals surface area contributed by atoms with E-state index in [1.54, 1.807) is 0 Å². The number of rotatable bonds is 2. The van der Waals surface area contributed by atoms with Gasteiger partial charge in [0.2, 0.25) is 5.91 Å². The smallest absolute Gasteiger partial charge is 0.325 e. The first kappa shape index (κ1) is 16.0. The summed E-state index contributed by atoms with van der Waals surface area (Å²) in [6.07, 6.45) is -2.53. The van der Waals surface area contributed by atoms with Crippen LogP contribution in [0.4, 0.5) is 18.9 Å². The summed E-state index contributed by atoms with van der Waals surface area (Å²) in [4.78, 5) is 25.2. The maximum atomic E-state index is 12.6. The van der Waals surface area contributed by atoms with Crippen LogP contribution in [0.25, 0.3) is 0 Å². The zero-order valence-corrected chi connectivity index (χ0v) is 13.0. The molecule has 0 aliphatic heterocycles. The van der Waals surface area contributed by atoms with Crippen molar-refractivity contribution in [2.45, 2.75) is 39.3 Å². The summed E-state index contributed by atoms with van der Waals surface area (Å²) >= 11 is 0. The highest BCUT2D eigenvalue weighted by Gasteiger charge is 2.65. The van der Waals surface area contributed by atoms with Crippen LogP contribution in [0.15, 0.2) is 24.3 Å². The van der Waals surface area contributed by atoms with Crippen molar-refractivity contribution in [1.29, 1.82) is 0 Å². The number of amides is 1. The lowest BCUT2D eigenvalue weighted by Crippen LogP contribution is -2.44. The van der Waals surface area contributed by atoms with Crippen LogP contribution >= 0.6 is 0 Å². The summed E-state index contributed by atoms with van der Waals surface area (Å²) < 4.78 is 37.7. The highest BCUT2D eigenvalue weighted by atomic mass is 19.4. The summed E-state index contributed by atoms with van der Waals surface area (Å²) in [7, 11) is 0. The Morgan fingerprint density at radius 1 is 1.22 bits per heavy atom. The Morgan fingerprint density at radius 2 is 1.83 bits per heavy atom. The zero-order chi connectivity index (χ0) is 17.0. The van der Waals surface area contributed by atoms with Gasteiger partial charge in [0.1, 0.15) is 5.41 Å². The Labute approximate surface area is 132 Å². The predicted octanol–water partition coefficient (Wildman–Crippen LogP) is 4.04. The molecule has 0 heterocycles. The molecule has 1 amide bonds. The minimum Gasteiger partial charge on any atom is -0.325 e. The van der Waals surface area contributed by atoms with Crippen LogP contribution in [0.3, 0.4) is 0 Å². The molecule has 2 aliphatic carbocycles. The van der Waals surface area contributed by atoms with Gasteiger partial charge in [-0.15, -0.1) is 0 Å². The monoisotopic (exact) mass is 325 g/mol. The third-order valence-corrected chi connectivity index (χ3v) is 5.46. The van der Waals surface area contributed by atoms with Crippen molar-refractivity contribution < 1.29 is 22.8 Å². The van der Waals surface area contributed by atoms with Crippen molar-refractivity contribution in [1.82, 2.24) is 0 Å². The van der Waals surface area contributed by atoms with E-state index in [1.807, 2.05) is 13.8 Å². The maximum Gasteiger partial charge on any atom is 0.416 e. The molecule has 2 atom stereocenters. The molecule has 23 heavy (non-hydrogen) atoms. The minimum atomic E-state index is -4.41. The van der Waals surface area contributed by atoms with Gasteiger partial charge in [0, 0.05) is 11.1 Å². The standard InChI is InChI=1S/C17H18F3NO2/c1-15(2)11-7-8-16(9-11,13(15)22)14(23)21-12-5-3-10(4-6-12)17(18,19)20/h3-6,11H,7-9H2,1-2H3,(H,21,23). The van der Waals surface area contributed by atoms with Crippen LogP contribution in [0.5, 0.6) is 0 Å². The van der Waals surface area contributed by atoms with Crippen molar-refractivity contribution in [2.75, 3.05) is 5.32 Å². The average Bonchev–Trinajstić information content (AvgIpc) is 2.99. The quantitative estimate of drug-likeness (QED) is 0.834. The summed E-state index contributed by atoms with van der Waals surface area (Å²) in [5, 5.41) is 2.62. The molecule has 1 aromatic rings. The molecule has 2 aliphatic rings. The Bertz CT molecular complexity index is 663. The fourth-order valence-electron chi connectivity index (χ4n) is 3.97. The maximum absolute atomic E-state index is 12.6. The second-order valence-corrected chi connectivity index (χ2v) is 7.10. The van der Waals surface area contributed by atoms with Gasteiger partial charge in [0.15, 0.2) is 5.78 Å². The molecule has 124 valence electrons. The Balaban J connectivity index is 1.79. The van der Waals surface area contributed by atoms with E-state index in [9.17, 15) is 22.8 Å². The van der Waals surface area contributed by atoms with Gasteiger partial charge in [-0.3, -0.25) is 9.59 Å². The van der Waals surface area contributed by atoms with Crippen LogP contribution in [0.1, 0.15) is 38.7 Å². The van der Waals surface area contributed by atoms with E-state index in [-0.39, 0.29) is 17.4 Å². The van der Waals surface area contributed by atoms with E-state index in [1.165, 1.54) is 12.1 Å². The van der Waals surface area contributed by atoms with E-state index in [4.69, 9.17) is 0 Å². The molecule has 0 spiro atoms. The summed E-state index contributed by atoms with van der Waals surface area (Å²) in [6.45, 7) is 3.73. The van der Waals surface area contributed by atoms with Gasteiger partial charge in [0.25, 0.3) is 0 Å². The Hall–Kier alpha value is -1.85. The first-order valence-corrected chi connectivity index (χ1v) is 7.61. The van der Waals surface area contributed by atoms with Gasteiger partial charge >= 0.3 is 6.18 Å². The number of hydrogen-bond acceptors (Lipinski definition) is 2. The van der Waals surface area contributed by atoms with Gasteiger partial charge in [0.05, 0.1) is 5.56 Å². The van der Waals surface area contributed by atoms with Gasteiger partial charge in [-0.1, -0.05) is 13.8 Å². The van der Waals surface area contributed by atoms with E-state index < -0.39 is 28.5 Å². The summed E-state index contributed by atoms with van der Waals surface area (Å²) in [5.41, 5.74) is -2.02. The summed E-state index contributed by atoms with van der Waals surface area (Å²) in [6, 6.07) is 4.28. The first-order chi connectivity index (χ1) is 10.6. The van der Waals surface area contributed by atoms with E-state index in [0.717, 1.165) is 18.6 Å². The van der Waals surface area contributed by atoms with Crippen LogP contribution in [0, 0.1) is 16.7 Å². The number of halogens is 3. The SMILES string of the molecule is CC1(C)C(=O)C2(C(=O)Nc3ccc(C(F)(F)F)cc3)CCC1C2. The number of hydrogen-bond donors (Lipinski definition) is 1. The molecular weight excluding hydrogens is 307 g/mol. The molecule has 1 N–H and O–H groups in total. The molecular formula is C17H18F3NO2. The van der Waals surface area contributed by atoms with Crippen LogP contribution in [-0.2, 0) is 15.8 Å². The fourth-order valence-corrected chi connectivity index (χ4v) is 3.97. The predicted molar refractivity (Wildman–Crippen MR) is 78.6 cm³/mol. The lowest BCUT2D eigenvalue weighted by Gasteiger charge is -2.32. The van der Waals surface area contributed by atoms with Crippen LogP contribution in [0.2, 0.25) is 0 Å². The number of nitrogens with one attached hydrogen (secondary N) is 1. The average molecular weight is 325 g/mol. The van der Waals surface area contributed by atoms with Gasteiger partial charge in [-0.2, -0.15) is 13.2 Å². The molecule has 2 bridgehead atoms. The molecule has 3 nitrogen and oxygen atoms in total. The van der Waals surface area contributed by atoms with E-state index in [0.29, 0.717) is 12.8 Å². The first-order valence-electron chi connectivity index (χ1n) is 7.61. The number of anilines is 1. The highest BCUT2D eigenvalue weighted by molar-refractivity contribution is 6.15. The number of carbonyl (C=O) groups is 2. The Morgan fingerprint density at radius 3 is 2.30 bits per heavy atom. The lowest BCUT2D eigenvalue weighted by atomic mass is 9.70. The topological polar surface area (TPSA) is 46.2 Å². The molecule has 2 unspecified atom stereocenters. The largest absolute Gasteiger partial charge is 0.416 e. The second-order valence-electron chi connectivity index (χ2n) is 7.10. The molecule has 2 fully saturated rings. The number of benzene rings is 1. The lowest BCUT2D eigenvalue weighted by molar-refractivity contribution is -0.142. The minimum absolute atomic E-state index is 0.0503. The zero-order valence-electron chi connectivity index (χ0n) is 13.0. The third-order valence-electron chi connectivity index (χ3n) is 5.46. The number of carbonyl (C=O) groups excluding carboxylic acids is 2. The van der Waals surface area contributed by atoms with E-state index in [2.05, 4.69) is 5.32 Å². The van der Waals surface area contributed by atoms with Crippen molar-refractivity contribution in [3.05, 3.63) is 29.8 Å². The second kappa shape index (κ2) is 4.82. The highest BCUT2D eigenvalue weighted by Crippen LogP contribution is 2.60. The molecule has 2 saturated carbocycles. The van der Waals surface area contributed by atoms with Crippen molar-refractivity contribution in [3.8, 4) is 0 Å². The molecule has 3 rings (SSSR count). The van der Waals surface area contributed by atoms with Crippen molar-refractivity contribution in [2.24, 2.45) is 16.7 Å². The van der Waals surface area contributed by atoms with Crippen molar-refractivity contribution >= 4 is 17.4 Å². The van der Waals surface area contributed by atoms with Gasteiger partial charge in [-0.05, 0) is 49.4 Å². The number of Topliss-reactive ketones (excluding diaryl/α,β-unsaturated/α-hetero) is 1. The third kappa shape index (κ3) is 2.35. The molecule has 6 heteroatoms. The van der Waals surface area contributed by atoms with E-state index >= 15 is 0 Å². The number of ketones is 1. The summed E-state index contributed by atoms with van der Waals surface area (Å²) in [5.74, 6) is -0.241. The van der Waals surface area contributed by atoms with Crippen molar-refractivity contribution in [3.63, 3.8) is 0 Å². The van der Waals surface area contributed by atoms with Crippen LogP contribution < -0.4 is 5.32 Å². The number of fused-ring (bicyclic) bond motifs is 2. The molecule has 1 aromatic carbocycles.